The molecule has 28 heavy (non-hydrogen) atoms. The van der Waals surface area contributed by atoms with Gasteiger partial charge < -0.3 is 14.8 Å². The Morgan fingerprint density at radius 3 is 2.21 bits per heavy atom. The van der Waals surface area contributed by atoms with E-state index in [0.29, 0.717) is 11.4 Å². The van der Waals surface area contributed by atoms with Gasteiger partial charge in [-0.25, -0.2) is 8.42 Å². The number of anilines is 1. The average molecular weight is 405 g/mol. The van der Waals surface area contributed by atoms with Gasteiger partial charge in [0.15, 0.2) is 15.6 Å². The number of sulfone groups is 1. The molecule has 7 nitrogen and oxygen atoms in total. The predicted molar refractivity (Wildman–Crippen MR) is 107 cm³/mol. The molecular weight excluding hydrogens is 382 g/mol. The highest BCUT2D eigenvalue weighted by Crippen LogP contribution is 2.25. The Labute approximate surface area is 164 Å². The molecule has 0 aliphatic carbocycles. The highest BCUT2D eigenvalue weighted by Gasteiger charge is 2.24. The number of benzene rings is 2. The monoisotopic (exact) mass is 405 g/mol. The zero-order valence-electron chi connectivity index (χ0n) is 16.0. The van der Waals surface area contributed by atoms with E-state index in [2.05, 4.69) is 5.32 Å². The van der Waals surface area contributed by atoms with E-state index in [-0.39, 0.29) is 11.3 Å². The van der Waals surface area contributed by atoms with Crippen molar-refractivity contribution in [1.82, 2.24) is 0 Å². The number of ether oxygens (including phenoxy) is 2. The summed E-state index contributed by atoms with van der Waals surface area (Å²) in [5.41, 5.74) is 1.72. The Morgan fingerprint density at radius 1 is 0.964 bits per heavy atom. The fourth-order valence-corrected chi connectivity index (χ4v) is 3.71. The number of hydrogen-bond donors (Lipinski definition) is 1. The first-order valence-corrected chi connectivity index (χ1v) is 10.4. The zero-order valence-corrected chi connectivity index (χ0v) is 16.8. The minimum Gasteiger partial charge on any atom is -0.497 e. The molecule has 0 bridgehead atoms. The van der Waals surface area contributed by atoms with E-state index < -0.39 is 33.0 Å². The maximum Gasteiger partial charge on any atom is 0.239 e. The van der Waals surface area contributed by atoms with Crippen molar-refractivity contribution >= 4 is 27.2 Å². The molecule has 2 aromatic carbocycles. The number of Topliss-reactive ketones (excluding diaryl/α,β-unsaturated/α-hetero) is 1. The number of rotatable bonds is 9. The fraction of sp³-hybridized carbons (Fsp3) is 0.300. The lowest BCUT2D eigenvalue weighted by molar-refractivity contribution is -0.113. The summed E-state index contributed by atoms with van der Waals surface area (Å²) in [6, 6.07) is 11.6. The molecule has 0 heterocycles. The normalized spacial score (nSPS) is 11.0. The minimum atomic E-state index is -3.95. The van der Waals surface area contributed by atoms with Crippen molar-refractivity contribution in [3.63, 3.8) is 0 Å². The molecule has 0 saturated heterocycles. The van der Waals surface area contributed by atoms with Crippen molar-refractivity contribution in [2.75, 3.05) is 31.0 Å². The molecule has 0 aromatic heterocycles. The Kier molecular flexibility index (Phi) is 7.17. The Bertz CT molecular complexity index is 951. The van der Waals surface area contributed by atoms with Gasteiger partial charge in [0.1, 0.15) is 23.0 Å². The van der Waals surface area contributed by atoms with Crippen LogP contribution in [0.1, 0.15) is 22.8 Å². The molecule has 1 N–H and O–H groups in total. The summed E-state index contributed by atoms with van der Waals surface area (Å²) in [5.74, 6) is -2.24. The Hall–Kier alpha value is -2.87. The van der Waals surface area contributed by atoms with Crippen molar-refractivity contribution in [3.8, 4) is 11.5 Å². The number of carbonyl (C=O) groups excluding carboxylic acids is 2. The molecule has 0 atom stereocenters. The number of nitrogens with one attached hydrogen (secondary N) is 1. The van der Waals surface area contributed by atoms with Gasteiger partial charge in [-0.3, -0.25) is 9.59 Å². The number of ketones is 1. The first kappa shape index (κ1) is 21.4. The lowest BCUT2D eigenvalue weighted by atomic mass is 10.1. The van der Waals surface area contributed by atoms with Gasteiger partial charge in [0.05, 0.1) is 19.8 Å². The SMILES string of the molecule is CCc1ccc(NC(=O)CS(=O)(=O)CC(=O)c2ccc(OC)cc2OC)cc1. The van der Waals surface area contributed by atoms with Crippen LogP contribution < -0.4 is 14.8 Å². The average Bonchev–Trinajstić information content (AvgIpc) is 2.66. The van der Waals surface area contributed by atoms with Crippen LogP contribution in [-0.2, 0) is 21.1 Å². The number of hydrogen-bond acceptors (Lipinski definition) is 6. The molecule has 0 spiro atoms. The van der Waals surface area contributed by atoms with Crippen molar-refractivity contribution in [2.24, 2.45) is 0 Å². The molecule has 150 valence electrons. The van der Waals surface area contributed by atoms with Crippen LogP contribution in [0.25, 0.3) is 0 Å². The van der Waals surface area contributed by atoms with Gasteiger partial charge in [0, 0.05) is 11.8 Å². The number of amides is 1. The van der Waals surface area contributed by atoms with E-state index in [1.165, 1.54) is 32.4 Å². The third-order valence-corrected chi connectivity index (χ3v) is 5.46. The second kappa shape index (κ2) is 9.36. The molecule has 2 rings (SSSR count). The van der Waals surface area contributed by atoms with Gasteiger partial charge in [0.2, 0.25) is 5.91 Å². The summed E-state index contributed by atoms with van der Waals surface area (Å²) in [4.78, 5) is 24.5. The second-order valence-corrected chi connectivity index (χ2v) is 8.18. The lowest BCUT2D eigenvalue weighted by Crippen LogP contribution is -2.27. The summed E-state index contributed by atoms with van der Waals surface area (Å²) in [6.07, 6.45) is 0.861. The summed E-state index contributed by atoms with van der Waals surface area (Å²) in [7, 11) is -1.11. The third kappa shape index (κ3) is 5.82. The van der Waals surface area contributed by atoms with Crippen LogP contribution in [0.5, 0.6) is 11.5 Å². The first-order chi connectivity index (χ1) is 13.3. The molecule has 1 amide bonds. The van der Waals surface area contributed by atoms with E-state index in [0.717, 1.165) is 12.0 Å². The summed E-state index contributed by atoms with van der Waals surface area (Å²) in [6.45, 7) is 2.01. The maximum atomic E-state index is 12.4. The first-order valence-electron chi connectivity index (χ1n) is 8.62. The van der Waals surface area contributed by atoms with Crippen molar-refractivity contribution in [3.05, 3.63) is 53.6 Å². The minimum absolute atomic E-state index is 0.113. The number of methoxy groups -OCH3 is 2. The van der Waals surface area contributed by atoms with E-state index in [1.54, 1.807) is 12.1 Å². The van der Waals surface area contributed by atoms with Gasteiger partial charge in [-0.05, 0) is 36.2 Å². The smallest absolute Gasteiger partial charge is 0.239 e. The molecule has 0 saturated carbocycles. The molecule has 0 unspecified atom stereocenters. The van der Waals surface area contributed by atoms with Gasteiger partial charge in [-0.1, -0.05) is 19.1 Å². The zero-order chi connectivity index (χ0) is 20.7. The Morgan fingerprint density at radius 2 is 1.64 bits per heavy atom. The molecular formula is C20H23NO6S. The molecule has 8 heteroatoms. The number of carbonyl (C=O) groups is 2. The fourth-order valence-electron chi connectivity index (χ4n) is 2.58. The molecule has 0 radical (unpaired) electrons. The van der Waals surface area contributed by atoms with Crippen molar-refractivity contribution < 1.29 is 27.5 Å². The van der Waals surface area contributed by atoms with Gasteiger partial charge >= 0.3 is 0 Å². The molecule has 0 aliphatic heterocycles. The quantitative estimate of drug-likeness (QED) is 0.644. The van der Waals surface area contributed by atoms with Crippen molar-refractivity contribution in [1.29, 1.82) is 0 Å². The molecule has 2 aromatic rings. The van der Waals surface area contributed by atoms with Crippen LogP contribution in [0.3, 0.4) is 0 Å². The van der Waals surface area contributed by atoms with E-state index in [4.69, 9.17) is 9.47 Å². The van der Waals surface area contributed by atoms with Crippen LogP contribution in [0.15, 0.2) is 42.5 Å². The van der Waals surface area contributed by atoms with Gasteiger partial charge in [-0.2, -0.15) is 0 Å². The topological polar surface area (TPSA) is 98.8 Å². The lowest BCUT2D eigenvalue weighted by Gasteiger charge is -2.10. The maximum absolute atomic E-state index is 12.4. The van der Waals surface area contributed by atoms with Crippen LogP contribution in [0.2, 0.25) is 0 Å². The van der Waals surface area contributed by atoms with E-state index >= 15 is 0 Å². The van der Waals surface area contributed by atoms with Gasteiger partial charge in [0.25, 0.3) is 0 Å². The van der Waals surface area contributed by atoms with Crippen LogP contribution >= 0.6 is 0 Å². The van der Waals surface area contributed by atoms with E-state index in [9.17, 15) is 18.0 Å². The van der Waals surface area contributed by atoms with Crippen molar-refractivity contribution in [2.45, 2.75) is 13.3 Å². The van der Waals surface area contributed by atoms with Crippen LogP contribution in [0, 0.1) is 0 Å². The molecule has 0 aliphatic rings. The van der Waals surface area contributed by atoms with Crippen LogP contribution in [-0.4, -0.2) is 45.8 Å². The third-order valence-electron chi connectivity index (χ3n) is 4.06. The number of aryl methyl sites for hydroxylation is 1. The standard InChI is InChI=1S/C20H23NO6S/c1-4-14-5-7-15(8-6-14)21-20(23)13-28(24,25)12-18(22)17-10-9-16(26-2)11-19(17)27-3/h5-11H,4,12-13H2,1-3H3,(H,21,23). The van der Waals surface area contributed by atoms with Crippen LogP contribution in [0.4, 0.5) is 5.69 Å². The summed E-state index contributed by atoms with van der Waals surface area (Å²) >= 11 is 0. The summed E-state index contributed by atoms with van der Waals surface area (Å²) in [5, 5.41) is 2.53. The van der Waals surface area contributed by atoms with Gasteiger partial charge in [-0.15, -0.1) is 0 Å². The Balaban J connectivity index is 2.04. The highest BCUT2D eigenvalue weighted by atomic mass is 32.2. The van der Waals surface area contributed by atoms with E-state index in [1.807, 2.05) is 19.1 Å². The largest absolute Gasteiger partial charge is 0.497 e. The highest BCUT2D eigenvalue weighted by molar-refractivity contribution is 7.92. The molecule has 0 fully saturated rings. The predicted octanol–water partition coefficient (Wildman–Crippen LogP) is 2.50. The second-order valence-electron chi connectivity index (χ2n) is 6.12. The summed E-state index contributed by atoms with van der Waals surface area (Å²) < 4.78 is 34.8.